The van der Waals surface area contributed by atoms with Crippen molar-refractivity contribution in [3.8, 4) is 22.7 Å². The van der Waals surface area contributed by atoms with Gasteiger partial charge in [0.1, 0.15) is 11.4 Å². The van der Waals surface area contributed by atoms with Gasteiger partial charge in [0, 0.05) is 25.8 Å². The van der Waals surface area contributed by atoms with Crippen molar-refractivity contribution in [2.24, 2.45) is 0 Å². The number of hydrogen-bond donors (Lipinski definition) is 1. The monoisotopic (exact) mass is 393 g/mol. The number of hydrogen-bond acceptors (Lipinski definition) is 4. The summed E-state index contributed by atoms with van der Waals surface area (Å²) < 4.78 is 12.0. The molecule has 3 rings (SSSR count). The second kappa shape index (κ2) is 9.39. The summed E-state index contributed by atoms with van der Waals surface area (Å²) in [5, 5.41) is 7.71. The van der Waals surface area contributed by atoms with Crippen molar-refractivity contribution in [3.63, 3.8) is 0 Å². The molecule has 0 saturated carbocycles. The smallest absolute Gasteiger partial charge is 0.270 e. The van der Waals surface area contributed by atoms with E-state index in [1.54, 1.807) is 18.9 Å². The van der Waals surface area contributed by atoms with E-state index in [9.17, 15) is 4.79 Å². The normalized spacial score (nSPS) is 10.8. The number of benzene rings is 2. The van der Waals surface area contributed by atoms with Crippen LogP contribution >= 0.6 is 0 Å². The number of carbonyl (C=O) groups is 1. The second-order valence-corrected chi connectivity index (χ2v) is 6.95. The van der Waals surface area contributed by atoms with Gasteiger partial charge >= 0.3 is 0 Å². The number of methoxy groups -OCH3 is 2. The third-order valence-electron chi connectivity index (χ3n) is 4.72. The molecule has 2 aromatic carbocycles. The molecule has 0 unspecified atom stereocenters. The van der Waals surface area contributed by atoms with Gasteiger partial charge in [0.2, 0.25) is 0 Å². The fraction of sp³-hybridized carbons (Fsp3) is 0.304. The van der Waals surface area contributed by atoms with Gasteiger partial charge in [-0.3, -0.25) is 4.79 Å². The van der Waals surface area contributed by atoms with E-state index in [1.807, 2.05) is 56.3 Å². The van der Waals surface area contributed by atoms with Crippen LogP contribution in [0, 0.1) is 13.8 Å². The maximum absolute atomic E-state index is 12.9. The first-order valence-electron chi connectivity index (χ1n) is 9.62. The average molecular weight is 393 g/mol. The number of aromatic nitrogens is 2. The summed E-state index contributed by atoms with van der Waals surface area (Å²) in [4.78, 5) is 12.9. The molecule has 1 aromatic heterocycles. The predicted molar refractivity (Wildman–Crippen MR) is 114 cm³/mol. The summed E-state index contributed by atoms with van der Waals surface area (Å²) in [5.74, 6) is 0.618. The summed E-state index contributed by atoms with van der Waals surface area (Å²) in [6.07, 6.45) is 0.755. The molecule has 1 N–H and O–H groups in total. The van der Waals surface area contributed by atoms with Gasteiger partial charge < -0.3 is 14.8 Å². The first kappa shape index (κ1) is 20.6. The van der Waals surface area contributed by atoms with Gasteiger partial charge in [0.25, 0.3) is 5.91 Å². The molecule has 6 heteroatoms. The highest BCUT2D eigenvalue weighted by molar-refractivity contribution is 5.94. The third-order valence-corrected chi connectivity index (χ3v) is 4.72. The van der Waals surface area contributed by atoms with Gasteiger partial charge in [-0.15, -0.1) is 0 Å². The largest absolute Gasteiger partial charge is 0.497 e. The van der Waals surface area contributed by atoms with Gasteiger partial charge in [-0.25, -0.2) is 4.68 Å². The maximum Gasteiger partial charge on any atom is 0.270 e. The number of carbonyl (C=O) groups excluding carboxylic acids is 1. The second-order valence-electron chi connectivity index (χ2n) is 6.95. The predicted octanol–water partition coefficient (Wildman–Crippen LogP) is 3.93. The molecule has 0 spiro atoms. The quantitative estimate of drug-likeness (QED) is 0.589. The Labute approximate surface area is 171 Å². The molecule has 0 bridgehead atoms. The molecule has 0 radical (unpaired) electrons. The lowest BCUT2D eigenvalue weighted by Gasteiger charge is -2.11. The maximum atomic E-state index is 12.9. The molecular weight excluding hydrogens is 366 g/mol. The zero-order chi connectivity index (χ0) is 20.8. The topological polar surface area (TPSA) is 65.4 Å². The minimum Gasteiger partial charge on any atom is -0.497 e. The van der Waals surface area contributed by atoms with Gasteiger partial charge in [0.15, 0.2) is 0 Å². The van der Waals surface area contributed by atoms with Gasteiger partial charge in [-0.05, 0) is 62.2 Å². The lowest BCUT2D eigenvalue weighted by molar-refractivity contribution is 0.0941. The number of ether oxygens (including phenoxy) is 2. The van der Waals surface area contributed by atoms with Crippen LogP contribution in [0.5, 0.6) is 5.75 Å². The average Bonchev–Trinajstić information content (AvgIpc) is 3.16. The molecule has 0 fully saturated rings. The van der Waals surface area contributed by atoms with Crippen LogP contribution in [0.3, 0.4) is 0 Å². The Morgan fingerprint density at radius 3 is 2.48 bits per heavy atom. The Balaban J connectivity index is 1.99. The lowest BCUT2D eigenvalue weighted by Crippen LogP contribution is -2.27. The zero-order valence-electron chi connectivity index (χ0n) is 17.4. The van der Waals surface area contributed by atoms with E-state index in [0.29, 0.717) is 18.8 Å². The lowest BCUT2D eigenvalue weighted by atomic mass is 10.1. The molecule has 0 aliphatic heterocycles. The number of aryl methyl sites for hydroxylation is 2. The molecule has 0 aliphatic rings. The van der Waals surface area contributed by atoms with Crippen molar-refractivity contribution in [3.05, 3.63) is 65.4 Å². The van der Waals surface area contributed by atoms with E-state index in [4.69, 9.17) is 14.6 Å². The van der Waals surface area contributed by atoms with Crippen LogP contribution in [0.1, 0.15) is 28.0 Å². The van der Waals surface area contributed by atoms with Crippen LogP contribution in [0.2, 0.25) is 0 Å². The summed E-state index contributed by atoms with van der Waals surface area (Å²) in [6.45, 7) is 5.22. The molecule has 0 saturated heterocycles. The van der Waals surface area contributed by atoms with Crippen molar-refractivity contribution in [2.45, 2.75) is 20.3 Å². The van der Waals surface area contributed by atoms with Crippen LogP contribution < -0.4 is 10.1 Å². The van der Waals surface area contributed by atoms with Crippen molar-refractivity contribution in [2.75, 3.05) is 27.4 Å². The van der Waals surface area contributed by atoms with Crippen LogP contribution in [-0.2, 0) is 4.74 Å². The highest BCUT2D eigenvalue weighted by Crippen LogP contribution is 2.25. The van der Waals surface area contributed by atoms with Crippen molar-refractivity contribution in [1.29, 1.82) is 0 Å². The standard InChI is InChI=1S/C23H27N3O3/c1-16-6-11-21(17(2)14-16)26-22(23(27)24-12-5-13-28-3)15-20(25-26)18-7-9-19(29-4)10-8-18/h6-11,14-15H,5,12-13H2,1-4H3,(H,24,27). The minimum atomic E-state index is -0.159. The Morgan fingerprint density at radius 2 is 1.83 bits per heavy atom. The molecular formula is C23H27N3O3. The molecule has 152 valence electrons. The van der Waals surface area contributed by atoms with Crippen molar-refractivity contribution in [1.82, 2.24) is 15.1 Å². The molecule has 3 aromatic rings. The number of nitrogens with zero attached hydrogens (tertiary/aromatic N) is 2. The highest BCUT2D eigenvalue weighted by atomic mass is 16.5. The summed E-state index contributed by atoms with van der Waals surface area (Å²) in [5.41, 5.74) is 5.26. The highest BCUT2D eigenvalue weighted by Gasteiger charge is 2.18. The van der Waals surface area contributed by atoms with Crippen LogP contribution in [-0.4, -0.2) is 43.1 Å². The Morgan fingerprint density at radius 1 is 1.07 bits per heavy atom. The number of rotatable bonds is 8. The summed E-state index contributed by atoms with van der Waals surface area (Å²) >= 11 is 0. The van der Waals surface area contributed by atoms with Crippen LogP contribution in [0.15, 0.2) is 48.5 Å². The van der Waals surface area contributed by atoms with E-state index in [2.05, 4.69) is 11.4 Å². The molecule has 1 amide bonds. The number of nitrogens with one attached hydrogen (secondary N) is 1. The molecule has 0 atom stereocenters. The summed E-state index contributed by atoms with van der Waals surface area (Å²) in [7, 11) is 3.29. The molecule has 1 heterocycles. The fourth-order valence-electron chi connectivity index (χ4n) is 3.18. The van der Waals surface area contributed by atoms with E-state index in [-0.39, 0.29) is 5.91 Å². The van der Waals surface area contributed by atoms with Crippen LogP contribution in [0.4, 0.5) is 0 Å². The van der Waals surface area contributed by atoms with E-state index < -0.39 is 0 Å². The molecule has 29 heavy (non-hydrogen) atoms. The molecule has 0 aliphatic carbocycles. The van der Waals surface area contributed by atoms with E-state index in [0.717, 1.165) is 34.7 Å². The Hall–Kier alpha value is -3.12. The van der Waals surface area contributed by atoms with E-state index in [1.165, 1.54) is 5.56 Å². The fourth-order valence-corrected chi connectivity index (χ4v) is 3.18. The Kier molecular flexibility index (Phi) is 6.67. The summed E-state index contributed by atoms with van der Waals surface area (Å²) in [6, 6.07) is 15.6. The minimum absolute atomic E-state index is 0.159. The number of amides is 1. The molecule has 6 nitrogen and oxygen atoms in total. The zero-order valence-corrected chi connectivity index (χ0v) is 17.4. The first-order valence-corrected chi connectivity index (χ1v) is 9.62. The van der Waals surface area contributed by atoms with Gasteiger partial charge in [0.05, 0.1) is 18.5 Å². The van der Waals surface area contributed by atoms with E-state index >= 15 is 0 Å². The third kappa shape index (κ3) is 4.84. The Bertz CT molecular complexity index is 978. The van der Waals surface area contributed by atoms with Crippen molar-refractivity contribution >= 4 is 5.91 Å². The first-order chi connectivity index (χ1) is 14.0. The van der Waals surface area contributed by atoms with Gasteiger partial charge in [-0.2, -0.15) is 5.10 Å². The van der Waals surface area contributed by atoms with Crippen molar-refractivity contribution < 1.29 is 14.3 Å². The SMILES string of the molecule is COCCCNC(=O)c1cc(-c2ccc(OC)cc2)nn1-c1ccc(C)cc1C. The van der Waals surface area contributed by atoms with Gasteiger partial charge in [-0.1, -0.05) is 17.7 Å². The van der Waals surface area contributed by atoms with Crippen LogP contribution in [0.25, 0.3) is 16.9 Å².